The van der Waals surface area contributed by atoms with Crippen LogP contribution < -0.4 is 40.0 Å². The number of H-pyrrole nitrogens is 2. The van der Waals surface area contributed by atoms with E-state index in [2.05, 4.69) is 47.1 Å². The Kier molecular flexibility index (Phi) is 34.3. The maximum atomic E-state index is 15.1. The van der Waals surface area contributed by atoms with Gasteiger partial charge in [0.2, 0.25) is 47.3 Å². The zero-order valence-corrected chi connectivity index (χ0v) is 86.8. The molecule has 6 saturated heterocycles. The summed E-state index contributed by atoms with van der Waals surface area (Å²) < 4.78 is -1.75. The molecular weight excluding hydrogens is 2020 g/mol. The Morgan fingerprint density at radius 2 is 0.715 bits per heavy atom. The van der Waals surface area contributed by atoms with Gasteiger partial charge in [-0.25, -0.2) is 4.79 Å². The van der Waals surface area contributed by atoms with Crippen LogP contribution in [0.4, 0.5) is 4.79 Å². The molecule has 6 atom stereocenters. The van der Waals surface area contributed by atoms with Crippen LogP contribution in [0.1, 0.15) is 120 Å². The predicted molar refractivity (Wildman–Crippen MR) is 535 cm³/mol. The van der Waals surface area contributed by atoms with Gasteiger partial charge >= 0.3 is 41.6 Å². The van der Waals surface area contributed by atoms with E-state index in [4.69, 9.17) is 51.5 Å². The number of halogens is 6. The van der Waals surface area contributed by atoms with Crippen molar-refractivity contribution in [3.8, 4) is 0 Å². The largest absolute Gasteiger partial charge is 1.00 e. The zero-order chi connectivity index (χ0) is 96.4. The molecule has 4 unspecified atom stereocenters. The van der Waals surface area contributed by atoms with Gasteiger partial charge in [-0.15, -0.1) is 35.3 Å². The van der Waals surface area contributed by atoms with Crippen LogP contribution in [0.5, 0.6) is 0 Å². The Morgan fingerprint density at radius 3 is 1.06 bits per heavy atom. The van der Waals surface area contributed by atoms with Gasteiger partial charge in [0, 0.05) is 213 Å². The number of carboxylic acid groups (broad SMARTS) is 2. The Morgan fingerprint density at radius 1 is 0.409 bits per heavy atom. The van der Waals surface area contributed by atoms with Gasteiger partial charge in [-0.05, 0) is 166 Å². The summed E-state index contributed by atoms with van der Waals surface area (Å²) in [5.74, 6) is -3.62. The van der Waals surface area contributed by atoms with Crippen molar-refractivity contribution in [3.05, 3.63) is 298 Å². The normalized spacial score (nSPS) is 19.9. The van der Waals surface area contributed by atoms with Crippen LogP contribution in [0.15, 0.2) is 242 Å². The van der Waals surface area contributed by atoms with E-state index in [0.717, 1.165) is 95.5 Å². The van der Waals surface area contributed by atoms with Crippen molar-refractivity contribution in [3.63, 3.8) is 0 Å². The number of carboxylic acids is 2. The van der Waals surface area contributed by atoms with Crippen LogP contribution in [0, 0.1) is 20.8 Å². The van der Waals surface area contributed by atoms with E-state index in [0.29, 0.717) is 85.5 Å². The number of thioether (sulfide) groups is 3. The molecule has 6 aliphatic rings. The van der Waals surface area contributed by atoms with E-state index in [1.165, 1.54) is 35.3 Å². The average Bonchev–Trinajstić information content (AvgIpc) is 1.57. The minimum atomic E-state index is -1.27. The number of nitrogens with zero attached hydrogens (tertiary/aromatic N) is 9. The first-order chi connectivity index (χ1) is 65.3. The number of fused-ring (bicyclic) bond motifs is 2. The number of rotatable bonds is 25. The summed E-state index contributed by atoms with van der Waals surface area (Å²) in [5, 5.41) is 26.9. The number of aromatic amines is 2. The number of piperazine rings is 3. The van der Waals surface area contributed by atoms with E-state index in [1.54, 1.807) is 36.6 Å². The number of benzene rings is 9. The Bertz CT molecular complexity index is 6010. The molecule has 2 aromatic heterocycles. The number of aryl methyl sites for hydroxylation is 3. The molecule has 8 heterocycles. The van der Waals surface area contributed by atoms with E-state index in [-0.39, 0.29) is 167 Å². The number of aliphatic carboxylic acids is 2. The van der Waals surface area contributed by atoms with Crippen molar-refractivity contribution in [2.75, 3.05) is 85.1 Å². The quantitative estimate of drug-likeness (QED) is 0.0387. The molecule has 10 amide bonds. The van der Waals surface area contributed by atoms with Crippen molar-refractivity contribution >= 4 is 201 Å². The van der Waals surface area contributed by atoms with Crippen LogP contribution in [0.3, 0.4) is 0 Å². The molecule has 9 aromatic carbocycles. The van der Waals surface area contributed by atoms with Gasteiger partial charge in [-0.1, -0.05) is 192 Å². The minimum absolute atomic E-state index is 0. The van der Waals surface area contributed by atoms with Gasteiger partial charge in [0.15, 0.2) is 0 Å². The van der Waals surface area contributed by atoms with E-state index in [9.17, 15) is 48.3 Å². The van der Waals surface area contributed by atoms with E-state index >= 15 is 9.59 Å². The SMILES string of the molecule is CCNC(=O)N1CCN(C(=O)C2(Sc3ccc(C)cc3)CC(=O)N(Cc3ccc(Cl)cc3)C2c2ccc(Cl)cc2)CC1.Cc1ccc(S[C@@]2(C(=O)N3CCN(C(=O)CCC(=O)O)CC3)CC(=O)N(Cc3ccc(Br)cc3)C2c2c[nH]c3cc(Cl)ccc23)cc1.Cc1ccc(S[C@@]2(C(=O)N3CCN(C(=O)CCC(=O)[O-])CC3)CC(=O)N(Cc3ccc(Br)cc3)C2c2c[nH]c3cc(Cl)ccc23)cc1.[Na+]. The maximum Gasteiger partial charge on any atom is 1.00 e. The van der Waals surface area contributed by atoms with Crippen molar-refractivity contribution in [1.29, 1.82) is 0 Å². The molecule has 4 N–H and O–H groups in total. The molecule has 137 heavy (non-hydrogen) atoms. The molecule has 35 heteroatoms. The van der Waals surface area contributed by atoms with Crippen LogP contribution >= 0.6 is 114 Å². The molecule has 25 nitrogen and oxygen atoms in total. The predicted octanol–water partition coefficient (Wildman–Crippen LogP) is 14.7. The number of aromatic nitrogens is 2. The van der Waals surface area contributed by atoms with Gasteiger partial charge in [0.25, 0.3) is 0 Å². The molecule has 11 aromatic rings. The monoisotopic (exact) mass is 2120 g/mol. The fourth-order valence-corrected chi connectivity index (χ4v) is 24.2. The van der Waals surface area contributed by atoms with Gasteiger partial charge in [-0.3, -0.25) is 43.2 Å². The third-order valence-electron chi connectivity index (χ3n) is 25.6. The van der Waals surface area contributed by atoms with E-state index < -0.39 is 44.3 Å². The molecular formula is C102H101Br2Cl4N12NaO13S3. The number of nitrogens with one attached hydrogen (secondary N) is 3. The van der Waals surface area contributed by atoms with Gasteiger partial charge in [0.05, 0.1) is 43.8 Å². The average molecular weight is 2120 g/mol. The van der Waals surface area contributed by atoms with Gasteiger partial charge < -0.3 is 74.4 Å². The summed E-state index contributed by atoms with van der Waals surface area (Å²) in [6.45, 7) is 13.3. The number of amides is 10. The second kappa shape index (κ2) is 45.6. The van der Waals surface area contributed by atoms with Crippen LogP contribution in [0.25, 0.3) is 21.8 Å². The Hall–Kier alpha value is -9.80. The second-order valence-electron chi connectivity index (χ2n) is 34.7. The Labute approximate surface area is 866 Å². The molecule has 0 radical (unpaired) electrons. The summed E-state index contributed by atoms with van der Waals surface area (Å²) >= 11 is 36.4. The van der Waals surface area contributed by atoms with Crippen molar-refractivity contribution in [2.45, 2.75) is 139 Å². The molecule has 0 saturated carbocycles. The molecule has 6 fully saturated rings. The standard InChI is InChI=1S/2C35H34BrClN4O5S.C32H34Cl2N4O3S.Na/c2*1-22-2-9-26(10-3-22)47-35(34(46)40-16-14-39(15-17-40)30(42)12-13-32(44)45)19-31(43)41(21-23-4-6-24(36)7-5-23)33(35)28-20-38-29-18-25(37)8-11-27(28)29;1-3-35-31(41)37-18-16-36(17-19-37)30(40)32(42-27-14-4-22(2)5-15-27)20-28(39)38(21-23-6-10-25(33)11-7-23)29(32)24-8-12-26(34)13-9-24;/h2*2-11,18,20,33,38H,12-17,19,21H2,1H3,(H,44,45);4-15,29H,3,16-21H2,1-2H3,(H,35,41);/q;;;+1/p-1/t2*33?,35-;;/m00../s1. The summed E-state index contributed by atoms with van der Waals surface area (Å²) in [7, 11) is 0. The summed E-state index contributed by atoms with van der Waals surface area (Å²) in [5.41, 5.74) is 10.2. The summed E-state index contributed by atoms with van der Waals surface area (Å²) in [6, 6.07) is 63.7. The molecule has 17 rings (SSSR count). The van der Waals surface area contributed by atoms with Crippen LogP contribution in [-0.4, -0.2) is 224 Å². The number of carbonyl (C=O) groups is 11. The van der Waals surface area contributed by atoms with Crippen LogP contribution in [0.2, 0.25) is 20.1 Å². The third-order valence-corrected chi connectivity index (χ3v) is 31.8. The fraction of sp³-hybridized carbons (Fsp3) is 0.324. The fourth-order valence-electron chi connectivity index (χ4n) is 18.7. The maximum absolute atomic E-state index is 15.1. The van der Waals surface area contributed by atoms with Crippen LogP contribution in [-0.2, 0) is 67.6 Å². The topological polar surface area (TPSA) is 304 Å². The first kappa shape index (κ1) is 103. The second-order valence-corrected chi connectivity index (χ2v) is 42.5. The summed E-state index contributed by atoms with van der Waals surface area (Å²) in [4.78, 5) is 172. The molecule has 6 aliphatic heterocycles. The first-order valence-electron chi connectivity index (χ1n) is 44.8. The number of hydrogen-bond donors (Lipinski definition) is 4. The van der Waals surface area contributed by atoms with Crippen molar-refractivity contribution in [1.82, 2.24) is 59.4 Å². The first-order valence-corrected chi connectivity index (χ1v) is 50.4. The van der Waals surface area contributed by atoms with Gasteiger partial charge in [0.1, 0.15) is 14.2 Å². The number of carbonyl (C=O) groups excluding carboxylic acids is 10. The Balaban J connectivity index is 0.000000164. The molecule has 0 bridgehead atoms. The minimum Gasteiger partial charge on any atom is -0.550 e. The molecule has 0 spiro atoms. The molecule has 0 aliphatic carbocycles. The van der Waals surface area contributed by atoms with Crippen molar-refractivity contribution < 1.29 is 92.5 Å². The number of likely N-dealkylation sites (tertiary alicyclic amines) is 3. The summed E-state index contributed by atoms with van der Waals surface area (Å²) in [6.07, 6.45) is 2.98. The zero-order valence-electron chi connectivity index (χ0n) is 76.1. The van der Waals surface area contributed by atoms with E-state index in [1.807, 2.05) is 254 Å². The number of hydrogen-bond acceptors (Lipinski definition) is 15. The van der Waals surface area contributed by atoms with Gasteiger partial charge in [-0.2, -0.15) is 0 Å². The molecule has 708 valence electrons. The third kappa shape index (κ3) is 23.9. The van der Waals surface area contributed by atoms with Crippen molar-refractivity contribution in [2.24, 2.45) is 0 Å². The number of urea groups is 1. The smallest absolute Gasteiger partial charge is 0.550 e.